The normalized spacial score (nSPS) is 18.0. The number of morpholine rings is 1. The molecule has 112 valence electrons. The largest absolute Gasteiger partial charge is 0.379 e. The Morgan fingerprint density at radius 1 is 1.50 bits per heavy atom. The van der Waals surface area contributed by atoms with Gasteiger partial charge in [0.15, 0.2) is 0 Å². The molecule has 1 aliphatic heterocycles. The van der Waals surface area contributed by atoms with E-state index in [2.05, 4.69) is 15.3 Å². The molecule has 2 heterocycles. The maximum atomic E-state index is 12.3. The Bertz CT molecular complexity index is 483. The van der Waals surface area contributed by atoms with Crippen molar-refractivity contribution in [2.24, 2.45) is 7.05 Å². The van der Waals surface area contributed by atoms with Gasteiger partial charge in [0, 0.05) is 32.7 Å². The molecule has 1 fully saturated rings. The Kier molecular flexibility index (Phi) is 5.01. The fourth-order valence-electron chi connectivity index (χ4n) is 2.40. The number of nitrogens with one attached hydrogen (secondary N) is 1. The molecule has 1 atom stereocenters. The van der Waals surface area contributed by atoms with Crippen LogP contribution in [-0.4, -0.2) is 59.5 Å². The first-order valence-electron chi connectivity index (χ1n) is 6.79. The molecule has 1 aliphatic rings. The zero-order chi connectivity index (χ0) is 14.7. The van der Waals surface area contributed by atoms with E-state index in [4.69, 9.17) is 16.3 Å². The fourth-order valence-corrected chi connectivity index (χ4v) is 2.66. The number of hydrogen-bond donors (Lipinski definition) is 1. The van der Waals surface area contributed by atoms with Gasteiger partial charge in [-0.25, -0.2) is 0 Å². The molecule has 7 heteroatoms. The summed E-state index contributed by atoms with van der Waals surface area (Å²) in [6.07, 6.45) is 0. The van der Waals surface area contributed by atoms with Gasteiger partial charge < -0.3 is 10.1 Å². The number of nitrogens with zero attached hydrogens (tertiary/aromatic N) is 3. The summed E-state index contributed by atoms with van der Waals surface area (Å²) in [5, 5.41) is 7.50. The molecule has 1 saturated heterocycles. The third-order valence-corrected chi connectivity index (χ3v) is 3.83. The molecule has 0 bridgehead atoms. The van der Waals surface area contributed by atoms with Crippen LogP contribution in [-0.2, 0) is 11.8 Å². The SMILES string of the molecule is Cc1nn(C)c(Cl)c1C(=O)N[C@H](C)CN1CCOCC1. The first kappa shape index (κ1) is 15.3. The van der Waals surface area contributed by atoms with E-state index < -0.39 is 0 Å². The number of ether oxygens (including phenoxy) is 1. The molecular weight excluding hydrogens is 280 g/mol. The van der Waals surface area contributed by atoms with Crippen molar-refractivity contribution in [3.05, 3.63) is 16.4 Å². The summed E-state index contributed by atoms with van der Waals surface area (Å²) >= 11 is 6.10. The molecule has 6 nitrogen and oxygen atoms in total. The second-order valence-electron chi connectivity index (χ2n) is 5.16. The van der Waals surface area contributed by atoms with E-state index in [1.165, 1.54) is 4.68 Å². The van der Waals surface area contributed by atoms with Crippen molar-refractivity contribution >= 4 is 17.5 Å². The van der Waals surface area contributed by atoms with Crippen LogP contribution in [0, 0.1) is 6.92 Å². The van der Waals surface area contributed by atoms with Crippen molar-refractivity contribution in [2.75, 3.05) is 32.8 Å². The molecule has 1 N–H and O–H groups in total. The molecular formula is C13H21ClN4O2. The third kappa shape index (κ3) is 3.50. The van der Waals surface area contributed by atoms with Crippen molar-refractivity contribution in [1.82, 2.24) is 20.0 Å². The minimum atomic E-state index is -0.165. The van der Waals surface area contributed by atoms with Gasteiger partial charge in [-0.1, -0.05) is 11.6 Å². The number of rotatable bonds is 4. The minimum absolute atomic E-state index is 0.0521. The number of halogens is 1. The fraction of sp³-hybridized carbons (Fsp3) is 0.692. The van der Waals surface area contributed by atoms with E-state index in [0.29, 0.717) is 16.4 Å². The van der Waals surface area contributed by atoms with Gasteiger partial charge in [0.05, 0.1) is 24.5 Å². The lowest BCUT2D eigenvalue weighted by atomic mass is 10.2. The molecule has 0 aliphatic carbocycles. The van der Waals surface area contributed by atoms with E-state index in [9.17, 15) is 4.79 Å². The van der Waals surface area contributed by atoms with Crippen molar-refractivity contribution in [3.63, 3.8) is 0 Å². The van der Waals surface area contributed by atoms with Crippen molar-refractivity contribution in [1.29, 1.82) is 0 Å². The van der Waals surface area contributed by atoms with Gasteiger partial charge >= 0.3 is 0 Å². The van der Waals surface area contributed by atoms with Gasteiger partial charge in [-0.2, -0.15) is 5.10 Å². The Labute approximate surface area is 124 Å². The highest BCUT2D eigenvalue weighted by Crippen LogP contribution is 2.18. The number of amides is 1. The third-order valence-electron chi connectivity index (χ3n) is 3.39. The first-order valence-corrected chi connectivity index (χ1v) is 7.17. The van der Waals surface area contributed by atoms with E-state index in [-0.39, 0.29) is 11.9 Å². The van der Waals surface area contributed by atoms with Crippen LogP contribution in [0.5, 0.6) is 0 Å². The van der Waals surface area contributed by atoms with Crippen molar-refractivity contribution in [3.8, 4) is 0 Å². The van der Waals surface area contributed by atoms with Crippen LogP contribution < -0.4 is 5.32 Å². The Balaban J connectivity index is 1.93. The predicted octanol–water partition coefficient (Wildman–Crippen LogP) is 0.832. The maximum absolute atomic E-state index is 12.3. The molecule has 0 spiro atoms. The number of carbonyl (C=O) groups excluding carboxylic acids is 1. The van der Waals surface area contributed by atoms with Gasteiger partial charge in [-0.05, 0) is 13.8 Å². The highest BCUT2D eigenvalue weighted by molar-refractivity contribution is 6.33. The number of hydrogen-bond acceptors (Lipinski definition) is 4. The van der Waals surface area contributed by atoms with Crippen LogP contribution in [0.25, 0.3) is 0 Å². The summed E-state index contributed by atoms with van der Waals surface area (Å²) in [7, 11) is 1.73. The summed E-state index contributed by atoms with van der Waals surface area (Å²) in [6, 6.07) is 0.0521. The van der Waals surface area contributed by atoms with E-state index in [0.717, 1.165) is 32.8 Å². The molecule has 2 rings (SSSR count). The topological polar surface area (TPSA) is 59.4 Å². The molecule has 20 heavy (non-hydrogen) atoms. The lowest BCUT2D eigenvalue weighted by Gasteiger charge is -2.29. The first-order chi connectivity index (χ1) is 9.49. The molecule has 0 aromatic carbocycles. The lowest BCUT2D eigenvalue weighted by Crippen LogP contribution is -2.46. The molecule has 0 radical (unpaired) electrons. The Morgan fingerprint density at radius 3 is 2.70 bits per heavy atom. The summed E-state index contributed by atoms with van der Waals surface area (Å²) in [5.74, 6) is -0.165. The number of aryl methyl sites for hydroxylation is 2. The smallest absolute Gasteiger partial charge is 0.256 e. The summed E-state index contributed by atoms with van der Waals surface area (Å²) in [5.41, 5.74) is 1.11. The standard InChI is InChI=1S/C13H21ClN4O2/c1-9(8-18-4-6-20-7-5-18)15-13(19)11-10(2)16-17(3)12(11)14/h9H,4-8H2,1-3H3,(H,15,19)/t9-/m1/s1. The molecule has 1 aromatic rings. The van der Waals surface area contributed by atoms with Crippen LogP contribution in [0.1, 0.15) is 23.0 Å². The van der Waals surface area contributed by atoms with Crippen LogP contribution in [0.15, 0.2) is 0 Å². The Hall–Kier alpha value is -1.11. The average molecular weight is 301 g/mol. The molecule has 0 unspecified atom stereocenters. The van der Waals surface area contributed by atoms with E-state index in [1.54, 1.807) is 14.0 Å². The highest BCUT2D eigenvalue weighted by Gasteiger charge is 2.21. The zero-order valence-electron chi connectivity index (χ0n) is 12.1. The van der Waals surface area contributed by atoms with Gasteiger partial charge in [-0.3, -0.25) is 14.4 Å². The quantitative estimate of drug-likeness (QED) is 0.895. The lowest BCUT2D eigenvalue weighted by molar-refractivity contribution is 0.0342. The van der Waals surface area contributed by atoms with Crippen LogP contribution in [0.4, 0.5) is 0 Å². The molecule has 1 amide bonds. The minimum Gasteiger partial charge on any atom is -0.379 e. The zero-order valence-corrected chi connectivity index (χ0v) is 12.9. The van der Waals surface area contributed by atoms with Gasteiger partial charge in [0.1, 0.15) is 5.15 Å². The average Bonchev–Trinajstić information content (AvgIpc) is 2.64. The van der Waals surface area contributed by atoms with E-state index >= 15 is 0 Å². The van der Waals surface area contributed by atoms with Crippen LogP contribution in [0.3, 0.4) is 0 Å². The van der Waals surface area contributed by atoms with Crippen LogP contribution >= 0.6 is 11.6 Å². The molecule has 0 saturated carbocycles. The molecule has 1 aromatic heterocycles. The summed E-state index contributed by atoms with van der Waals surface area (Å²) < 4.78 is 6.82. The predicted molar refractivity (Wildman–Crippen MR) is 77.1 cm³/mol. The van der Waals surface area contributed by atoms with E-state index in [1.807, 2.05) is 6.92 Å². The van der Waals surface area contributed by atoms with Crippen molar-refractivity contribution in [2.45, 2.75) is 19.9 Å². The van der Waals surface area contributed by atoms with Gasteiger partial charge in [-0.15, -0.1) is 0 Å². The van der Waals surface area contributed by atoms with Crippen molar-refractivity contribution < 1.29 is 9.53 Å². The van der Waals surface area contributed by atoms with Crippen LogP contribution in [0.2, 0.25) is 5.15 Å². The Morgan fingerprint density at radius 2 is 2.15 bits per heavy atom. The number of aromatic nitrogens is 2. The van der Waals surface area contributed by atoms with Gasteiger partial charge in [0.2, 0.25) is 0 Å². The number of carbonyl (C=O) groups is 1. The summed E-state index contributed by atoms with van der Waals surface area (Å²) in [4.78, 5) is 14.5. The second-order valence-corrected chi connectivity index (χ2v) is 5.52. The van der Waals surface area contributed by atoms with Gasteiger partial charge in [0.25, 0.3) is 5.91 Å². The monoisotopic (exact) mass is 300 g/mol. The second kappa shape index (κ2) is 6.56. The summed E-state index contributed by atoms with van der Waals surface area (Å²) in [6.45, 7) is 7.93. The maximum Gasteiger partial charge on any atom is 0.256 e. The highest BCUT2D eigenvalue weighted by atomic mass is 35.5.